The molecule has 8 aromatic carbocycles. The molecule has 11 aromatic rings. The Morgan fingerprint density at radius 1 is 0.493 bits per heavy atom. The maximum Gasteiger partial charge on any atom is 0.225 e. The van der Waals surface area contributed by atoms with Crippen LogP contribution in [-0.2, 0) is 31.9 Å². The molecule has 5 heterocycles. The molecule has 1 unspecified atom stereocenters. The number of aromatic nitrogens is 3. The van der Waals surface area contributed by atoms with Gasteiger partial charge >= 0.3 is 0 Å². The van der Waals surface area contributed by atoms with Crippen molar-refractivity contribution in [3.8, 4) is 34.1 Å². The number of ether oxygens (including phenoxy) is 1. The zero-order valence-corrected chi connectivity index (χ0v) is 41.7. The Labute approximate surface area is 417 Å². The van der Waals surface area contributed by atoms with Crippen LogP contribution in [-0.4, -0.2) is 14.1 Å². The molecule has 2 aliphatic rings. The number of nitrogens with zero attached hydrogens (tertiary/aromatic N) is 5. The second-order valence-corrected chi connectivity index (χ2v) is 20.5. The fourth-order valence-corrected chi connectivity index (χ4v) is 10.8. The molecular formula is C62H50N5OPt-. The van der Waals surface area contributed by atoms with Crippen LogP contribution >= 0.6 is 0 Å². The van der Waals surface area contributed by atoms with Crippen molar-refractivity contribution in [1.82, 2.24) is 23.3 Å². The maximum absolute atomic E-state index is 7.12. The van der Waals surface area contributed by atoms with Gasteiger partial charge in [0.25, 0.3) is 0 Å². The summed E-state index contributed by atoms with van der Waals surface area (Å²) in [5, 5.41) is 4.63. The fraction of sp³-hybridized carbons (Fsp3) is 0.129. The van der Waals surface area contributed by atoms with Crippen LogP contribution in [0.5, 0.6) is 11.5 Å². The first-order chi connectivity index (χ1) is 32.9. The zero-order valence-electron chi connectivity index (χ0n) is 39.4. The number of pyridine rings is 1. The van der Waals surface area contributed by atoms with E-state index >= 15 is 0 Å². The number of quaternary nitrogens is 2. The zero-order chi connectivity index (χ0) is 46.2. The Morgan fingerprint density at radius 3 is 1.75 bits per heavy atom. The topological polar surface area (TPSA) is 32.0 Å². The van der Waals surface area contributed by atoms with Crippen molar-refractivity contribution >= 4 is 66.4 Å². The predicted molar refractivity (Wildman–Crippen MR) is 280 cm³/mol. The SMILES string of the molecule is CC(C)(C)c1cc(-c2ccccc2)cc([N@+]23[CH-][N+]2(c2[c-]c(Oc4[c-]c5c(cc4)c4ccccc4n5-c4cc(C(C)(C)C)ccn4)cc(-n4c5ccccc5c5ccccc54)c2)c2ccccc23)c1.[Pt]. The molecule has 1 saturated heterocycles. The van der Waals surface area contributed by atoms with Gasteiger partial charge in [-0.1, -0.05) is 168 Å². The number of para-hydroxylation sites is 5. The minimum absolute atomic E-state index is 0. The molecular weight excluding hydrogens is 1030 g/mol. The van der Waals surface area contributed by atoms with Gasteiger partial charge in [0.2, 0.25) is 11.4 Å². The van der Waals surface area contributed by atoms with E-state index in [2.05, 4.69) is 245 Å². The monoisotopic (exact) mass is 1080 g/mol. The summed E-state index contributed by atoms with van der Waals surface area (Å²) in [5.74, 6) is 2.05. The summed E-state index contributed by atoms with van der Waals surface area (Å²) in [6.45, 7) is 16.1. The van der Waals surface area contributed by atoms with Crippen LogP contribution in [0, 0.1) is 18.8 Å². The third-order valence-corrected chi connectivity index (χ3v) is 14.3. The van der Waals surface area contributed by atoms with Crippen molar-refractivity contribution < 1.29 is 25.8 Å². The predicted octanol–water partition coefficient (Wildman–Crippen LogP) is 16.3. The van der Waals surface area contributed by atoms with Gasteiger partial charge in [0.15, 0.2) is 12.4 Å². The summed E-state index contributed by atoms with van der Waals surface area (Å²) < 4.78 is 12.7. The van der Waals surface area contributed by atoms with Crippen LogP contribution in [0.15, 0.2) is 188 Å². The molecule has 13 rings (SSSR count). The van der Waals surface area contributed by atoms with Crippen molar-refractivity contribution in [2.75, 3.05) is 0 Å². The van der Waals surface area contributed by atoms with Gasteiger partial charge in [-0.05, 0) is 68.8 Å². The van der Waals surface area contributed by atoms with Crippen LogP contribution < -0.4 is 13.9 Å². The van der Waals surface area contributed by atoms with E-state index in [9.17, 15) is 0 Å². The van der Waals surface area contributed by atoms with Crippen LogP contribution in [0.4, 0.5) is 22.7 Å². The molecule has 2 aliphatic heterocycles. The van der Waals surface area contributed by atoms with Crippen LogP contribution in [0.1, 0.15) is 52.7 Å². The smallest absolute Gasteiger partial charge is 0.225 e. The normalized spacial score (nSPS) is 17.4. The Kier molecular flexibility index (Phi) is 9.69. The third kappa shape index (κ3) is 6.46. The summed E-state index contributed by atoms with van der Waals surface area (Å²) in [4.78, 5) is 4.94. The molecule has 0 radical (unpaired) electrons. The summed E-state index contributed by atoms with van der Waals surface area (Å²) in [5.41, 5.74) is 14.7. The third-order valence-electron chi connectivity index (χ3n) is 14.3. The quantitative estimate of drug-likeness (QED) is 0.0905. The van der Waals surface area contributed by atoms with Crippen molar-refractivity contribution in [2.45, 2.75) is 52.4 Å². The average molecular weight is 1080 g/mol. The first-order valence-electron chi connectivity index (χ1n) is 23.6. The number of benzene rings is 8. The van der Waals surface area contributed by atoms with Crippen LogP contribution in [0.25, 0.3) is 66.2 Å². The largest absolute Gasteiger partial charge is 0.509 e. The van der Waals surface area contributed by atoms with Crippen molar-refractivity contribution in [3.05, 3.63) is 218 Å². The average Bonchev–Trinajstić information content (AvgIpc) is 3.63. The van der Waals surface area contributed by atoms with Gasteiger partial charge in [-0.25, -0.2) is 9.58 Å². The van der Waals surface area contributed by atoms with Gasteiger partial charge in [0.05, 0.1) is 16.7 Å². The molecule has 7 heteroatoms. The Hall–Kier alpha value is -7.08. The molecule has 3 aromatic heterocycles. The van der Waals surface area contributed by atoms with Crippen LogP contribution in [0.2, 0.25) is 0 Å². The molecule has 0 spiro atoms. The van der Waals surface area contributed by atoms with Gasteiger partial charge < -0.3 is 13.9 Å². The van der Waals surface area contributed by atoms with E-state index in [1.54, 1.807) is 0 Å². The van der Waals surface area contributed by atoms with Crippen molar-refractivity contribution in [2.24, 2.45) is 0 Å². The molecule has 340 valence electrons. The molecule has 6 nitrogen and oxygen atoms in total. The second-order valence-electron chi connectivity index (χ2n) is 20.5. The summed E-state index contributed by atoms with van der Waals surface area (Å²) in [6, 6.07) is 73.3. The van der Waals surface area contributed by atoms with E-state index in [-0.39, 0.29) is 31.9 Å². The van der Waals surface area contributed by atoms with Gasteiger partial charge in [-0.15, -0.1) is 23.6 Å². The Balaban J connectivity index is 0.00000492. The number of fused-ring (bicyclic) bond motifs is 10. The van der Waals surface area contributed by atoms with Gasteiger partial charge in [0.1, 0.15) is 5.82 Å². The van der Waals surface area contributed by atoms with Gasteiger partial charge in [-0.3, -0.25) is 0 Å². The van der Waals surface area contributed by atoms with Gasteiger partial charge in [-0.2, -0.15) is 10.7 Å². The standard InChI is InChI=1S/C62H50N5O.Pt/c1-61(2,3)43-30-31-63-60(35-43)65-56-25-15-12-22-52(56)53-29-28-48(39-57(53)65)68-49-37-45(64-54-23-13-10-20-50(54)51-21-11-14-24-55(51)64)36-47(38-49)67-40-66(67,58-26-16-17-27-59(58)67)46-33-42(41-18-8-7-9-19-41)32-44(34-46)62(4,5)6;/h7-37,40H,1-6H3;/q-1;/t66-,67?;/m0./s1. The first-order valence-corrected chi connectivity index (χ1v) is 23.6. The minimum atomic E-state index is -0.0771. The summed E-state index contributed by atoms with van der Waals surface area (Å²) in [6.07, 6.45) is 1.92. The van der Waals surface area contributed by atoms with Crippen molar-refractivity contribution in [3.63, 3.8) is 0 Å². The molecule has 0 amide bonds. The summed E-state index contributed by atoms with van der Waals surface area (Å²) in [7, 11) is 0. The number of hydrogen-bond donors (Lipinski definition) is 0. The van der Waals surface area contributed by atoms with Crippen molar-refractivity contribution in [1.29, 1.82) is 0 Å². The Morgan fingerprint density at radius 2 is 1.09 bits per heavy atom. The molecule has 69 heavy (non-hydrogen) atoms. The minimum Gasteiger partial charge on any atom is -0.509 e. The number of hydrogen-bond acceptors (Lipinski definition) is 2. The fourth-order valence-electron chi connectivity index (χ4n) is 10.8. The maximum atomic E-state index is 7.12. The molecule has 2 atom stereocenters. The van der Waals surface area contributed by atoms with E-state index in [1.165, 1.54) is 50.1 Å². The van der Waals surface area contributed by atoms with E-state index in [1.807, 2.05) is 12.3 Å². The first kappa shape index (κ1) is 43.2. The molecule has 0 bridgehead atoms. The summed E-state index contributed by atoms with van der Waals surface area (Å²) >= 11 is 0. The number of rotatable bonds is 7. The van der Waals surface area contributed by atoms with E-state index in [0.717, 1.165) is 50.0 Å². The Bertz CT molecular complexity index is 3800. The second kappa shape index (κ2) is 15.5. The molecule has 0 saturated carbocycles. The van der Waals surface area contributed by atoms with E-state index in [0.29, 0.717) is 20.7 Å². The van der Waals surface area contributed by atoms with E-state index in [4.69, 9.17) is 9.72 Å². The molecule has 1 fully saturated rings. The van der Waals surface area contributed by atoms with Crippen LogP contribution in [0.3, 0.4) is 0 Å². The molecule has 0 aliphatic carbocycles. The molecule has 0 N–H and O–H groups in total. The van der Waals surface area contributed by atoms with E-state index < -0.39 is 0 Å². The van der Waals surface area contributed by atoms with Gasteiger partial charge in [0, 0.05) is 79.3 Å².